The van der Waals surface area contributed by atoms with Crippen LogP contribution in [-0.2, 0) is 9.59 Å². The highest BCUT2D eigenvalue weighted by Crippen LogP contribution is 2.18. The molecule has 0 fully saturated rings. The van der Waals surface area contributed by atoms with Gasteiger partial charge in [-0.3, -0.25) is 4.79 Å². The molecule has 0 aromatic heterocycles. The molecule has 0 unspecified atom stereocenters. The fourth-order valence-electron chi connectivity index (χ4n) is 1.45. The zero-order valence-corrected chi connectivity index (χ0v) is 10.6. The third-order valence-corrected chi connectivity index (χ3v) is 2.42. The van der Waals surface area contributed by atoms with Crippen LogP contribution in [0.3, 0.4) is 0 Å². The molecule has 0 aliphatic rings. The second-order valence-corrected chi connectivity index (χ2v) is 4.17. The Balaban J connectivity index is 2.50. The number of carboxylic acids is 1. The summed E-state index contributed by atoms with van der Waals surface area (Å²) < 4.78 is 5.31. The highest BCUT2D eigenvalue weighted by atomic mass is 16.5. The minimum absolute atomic E-state index is 0.221. The number of hydrogen-bond acceptors (Lipinski definition) is 4. The molecule has 1 amide bonds. The highest BCUT2D eigenvalue weighted by molar-refractivity contribution is 5.83. The summed E-state index contributed by atoms with van der Waals surface area (Å²) in [7, 11) is 0. The first-order chi connectivity index (χ1) is 8.40. The van der Waals surface area contributed by atoms with Gasteiger partial charge in [-0.25, -0.2) is 0 Å². The van der Waals surface area contributed by atoms with Crippen molar-refractivity contribution < 1.29 is 19.4 Å². The van der Waals surface area contributed by atoms with Gasteiger partial charge >= 0.3 is 0 Å². The van der Waals surface area contributed by atoms with Gasteiger partial charge in [0.05, 0.1) is 12.0 Å². The van der Waals surface area contributed by atoms with Crippen molar-refractivity contribution in [1.29, 1.82) is 0 Å². The molecule has 98 valence electrons. The second kappa shape index (κ2) is 6.05. The number of ether oxygens (including phenoxy) is 1. The molecule has 0 aliphatic carbocycles. The van der Waals surface area contributed by atoms with E-state index in [-0.39, 0.29) is 6.61 Å². The number of amides is 1. The zero-order chi connectivity index (χ0) is 13.7. The molecule has 0 aliphatic heterocycles. The van der Waals surface area contributed by atoms with Crippen LogP contribution in [0.2, 0.25) is 0 Å². The molecule has 0 radical (unpaired) electrons. The van der Waals surface area contributed by atoms with E-state index < -0.39 is 17.9 Å². The summed E-state index contributed by atoms with van der Waals surface area (Å²) in [5.41, 5.74) is 2.03. The Morgan fingerprint density at radius 1 is 1.39 bits per heavy atom. The number of hydrogen-bond donors (Lipinski definition) is 1. The average Bonchev–Trinajstić information content (AvgIpc) is 2.27. The number of benzene rings is 1. The van der Waals surface area contributed by atoms with E-state index in [9.17, 15) is 14.7 Å². The Hall–Kier alpha value is -2.04. The van der Waals surface area contributed by atoms with Gasteiger partial charge in [0.15, 0.2) is 6.61 Å². The quantitative estimate of drug-likeness (QED) is 0.794. The molecule has 18 heavy (non-hydrogen) atoms. The van der Waals surface area contributed by atoms with E-state index in [1.54, 1.807) is 6.07 Å². The molecular formula is C13H16NO4-. The third-order valence-electron chi connectivity index (χ3n) is 2.42. The Labute approximate surface area is 106 Å². The Morgan fingerprint density at radius 3 is 2.61 bits per heavy atom. The van der Waals surface area contributed by atoms with Crippen molar-refractivity contribution in [2.75, 3.05) is 6.61 Å². The predicted molar refractivity (Wildman–Crippen MR) is 64.0 cm³/mol. The summed E-state index contributed by atoms with van der Waals surface area (Å²) in [5, 5.41) is 12.7. The predicted octanol–water partition coefficient (Wildman–Crippen LogP) is -0.0632. The first-order valence-electron chi connectivity index (χ1n) is 5.60. The molecule has 1 N–H and O–H groups in total. The van der Waals surface area contributed by atoms with Gasteiger partial charge in [0.25, 0.3) is 5.91 Å². The molecule has 1 aromatic rings. The number of aryl methyl sites for hydroxylation is 2. The monoisotopic (exact) mass is 250 g/mol. The molecule has 1 aromatic carbocycles. The molecule has 0 saturated carbocycles. The van der Waals surface area contributed by atoms with Crippen LogP contribution in [0, 0.1) is 13.8 Å². The third kappa shape index (κ3) is 4.08. The molecular weight excluding hydrogens is 234 g/mol. The lowest BCUT2D eigenvalue weighted by Gasteiger charge is -2.15. The van der Waals surface area contributed by atoms with E-state index in [0.29, 0.717) is 5.75 Å². The van der Waals surface area contributed by atoms with E-state index in [0.717, 1.165) is 11.1 Å². The molecule has 1 atom stereocenters. The first-order valence-corrected chi connectivity index (χ1v) is 5.60. The van der Waals surface area contributed by atoms with Crippen LogP contribution in [0.25, 0.3) is 0 Å². The van der Waals surface area contributed by atoms with Crippen LogP contribution >= 0.6 is 0 Å². The molecule has 0 spiro atoms. The van der Waals surface area contributed by atoms with Gasteiger partial charge in [0, 0.05) is 0 Å². The number of carbonyl (C=O) groups is 2. The molecule has 5 heteroatoms. The summed E-state index contributed by atoms with van der Waals surface area (Å²) in [6.45, 7) is 4.96. The number of aliphatic carboxylic acids is 1. The number of carbonyl (C=O) groups excluding carboxylic acids is 2. The largest absolute Gasteiger partial charge is 0.548 e. The van der Waals surface area contributed by atoms with E-state index in [2.05, 4.69) is 5.32 Å². The van der Waals surface area contributed by atoms with E-state index in [4.69, 9.17) is 4.74 Å². The fourth-order valence-corrected chi connectivity index (χ4v) is 1.45. The maximum absolute atomic E-state index is 11.4. The molecule has 5 nitrogen and oxygen atoms in total. The van der Waals surface area contributed by atoms with Crippen LogP contribution in [0.5, 0.6) is 5.75 Å². The van der Waals surface area contributed by atoms with Gasteiger partial charge in [-0.15, -0.1) is 0 Å². The van der Waals surface area contributed by atoms with E-state index in [1.807, 2.05) is 26.0 Å². The SMILES string of the molecule is Cc1ccc(OCC(=O)N[C@@H](C)C(=O)[O-])c(C)c1. The summed E-state index contributed by atoms with van der Waals surface area (Å²) in [6.07, 6.45) is 0. The summed E-state index contributed by atoms with van der Waals surface area (Å²) >= 11 is 0. The second-order valence-electron chi connectivity index (χ2n) is 4.17. The van der Waals surface area contributed by atoms with Gasteiger partial charge in [0.1, 0.15) is 5.75 Å². The molecule has 0 saturated heterocycles. The van der Waals surface area contributed by atoms with Crippen LogP contribution in [0.1, 0.15) is 18.1 Å². The minimum Gasteiger partial charge on any atom is -0.548 e. The summed E-state index contributed by atoms with van der Waals surface area (Å²) in [6, 6.07) is 4.57. The van der Waals surface area contributed by atoms with Crippen molar-refractivity contribution >= 4 is 11.9 Å². The van der Waals surface area contributed by atoms with Crippen molar-refractivity contribution in [3.8, 4) is 5.75 Å². The lowest BCUT2D eigenvalue weighted by atomic mass is 10.1. The maximum atomic E-state index is 11.4. The van der Waals surface area contributed by atoms with Crippen molar-refractivity contribution in [3.63, 3.8) is 0 Å². The molecule has 0 bridgehead atoms. The number of carboxylic acid groups (broad SMARTS) is 1. The van der Waals surface area contributed by atoms with Crippen LogP contribution < -0.4 is 15.2 Å². The van der Waals surface area contributed by atoms with E-state index in [1.165, 1.54) is 6.92 Å². The minimum atomic E-state index is -1.32. The van der Waals surface area contributed by atoms with Crippen molar-refractivity contribution in [2.24, 2.45) is 0 Å². The Morgan fingerprint density at radius 2 is 2.06 bits per heavy atom. The zero-order valence-electron chi connectivity index (χ0n) is 10.6. The van der Waals surface area contributed by atoms with Crippen molar-refractivity contribution in [2.45, 2.75) is 26.8 Å². The summed E-state index contributed by atoms with van der Waals surface area (Å²) in [4.78, 5) is 21.8. The lowest BCUT2D eigenvalue weighted by Crippen LogP contribution is -2.47. The standard InChI is InChI=1S/C13H17NO4/c1-8-4-5-11(9(2)6-8)18-7-12(15)14-10(3)13(16)17/h4-6,10H,7H2,1-3H3,(H,14,15)(H,16,17)/p-1/t10-/m0/s1. The lowest BCUT2D eigenvalue weighted by molar-refractivity contribution is -0.307. The Bertz CT molecular complexity index is 456. The van der Waals surface area contributed by atoms with Crippen molar-refractivity contribution in [1.82, 2.24) is 5.32 Å². The maximum Gasteiger partial charge on any atom is 0.258 e. The van der Waals surface area contributed by atoms with Crippen molar-refractivity contribution in [3.05, 3.63) is 29.3 Å². The van der Waals surface area contributed by atoms with Crippen LogP contribution in [0.4, 0.5) is 0 Å². The number of rotatable bonds is 5. The van der Waals surface area contributed by atoms with Crippen LogP contribution in [0.15, 0.2) is 18.2 Å². The molecule has 0 heterocycles. The Kier molecular flexibility index (Phi) is 4.71. The topological polar surface area (TPSA) is 78.5 Å². The normalized spacial score (nSPS) is 11.7. The fraction of sp³-hybridized carbons (Fsp3) is 0.385. The highest BCUT2D eigenvalue weighted by Gasteiger charge is 2.09. The van der Waals surface area contributed by atoms with Gasteiger partial charge in [-0.1, -0.05) is 17.7 Å². The van der Waals surface area contributed by atoms with Gasteiger partial charge in [0.2, 0.25) is 0 Å². The average molecular weight is 250 g/mol. The van der Waals surface area contributed by atoms with Gasteiger partial charge in [-0.05, 0) is 32.4 Å². The van der Waals surface area contributed by atoms with Gasteiger partial charge in [-0.2, -0.15) is 0 Å². The number of nitrogens with one attached hydrogen (secondary N) is 1. The first kappa shape index (κ1) is 14.0. The van der Waals surface area contributed by atoms with E-state index >= 15 is 0 Å². The van der Waals surface area contributed by atoms with Crippen LogP contribution in [-0.4, -0.2) is 24.5 Å². The summed E-state index contributed by atoms with van der Waals surface area (Å²) in [5.74, 6) is -1.21. The smallest absolute Gasteiger partial charge is 0.258 e. The molecule has 1 rings (SSSR count). The van der Waals surface area contributed by atoms with Gasteiger partial charge < -0.3 is 20.0 Å².